The second kappa shape index (κ2) is 9.44. The molecule has 3 heterocycles. The molecule has 1 saturated heterocycles. The number of Topliss-reactive ketones (excluding diaryl/α,β-unsaturated/α-hetero) is 1. The van der Waals surface area contributed by atoms with Gasteiger partial charge in [-0.2, -0.15) is 0 Å². The highest BCUT2D eigenvalue weighted by Gasteiger charge is 2.26. The fourth-order valence-corrected chi connectivity index (χ4v) is 5.22. The highest BCUT2D eigenvalue weighted by atomic mass is 35.5. The van der Waals surface area contributed by atoms with E-state index in [-0.39, 0.29) is 17.2 Å². The lowest BCUT2D eigenvalue weighted by atomic mass is 10.1. The number of fused-ring (bicyclic) bond motifs is 2. The van der Waals surface area contributed by atoms with Crippen LogP contribution in [0.1, 0.15) is 22.2 Å². The number of halogens is 2. The number of ketones is 1. The summed E-state index contributed by atoms with van der Waals surface area (Å²) in [7, 11) is 1.62. The lowest BCUT2D eigenvalue weighted by Gasteiger charge is -2.18. The molecule has 2 aromatic carbocycles. The lowest BCUT2D eigenvalue weighted by molar-refractivity contribution is 0.0982. The number of hydrogen-bond acceptors (Lipinski definition) is 8. The molecule has 3 N–H and O–H groups in total. The summed E-state index contributed by atoms with van der Waals surface area (Å²) < 4.78 is 5.42. The first kappa shape index (κ1) is 22.4. The molecule has 1 aliphatic rings. The van der Waals surface area contributed by atoms with Crippen molar-refractivity contribution in [2.75, 3.05) is 31.3 Å². The van der Waals surface area contributed by atoms with Crippen molar-refractivity contribution in [2.24, 2.45) is 0 Å². The molecule has 1 aliphatic heterocycles. The van der Waals surface area contributed by atoms with Gasteiger partial charge in [-0.25, -0.2) is 15.0 Å². The highest BCUT2D eigenvalue weighted by Crippen LogP contribution is 2.31. The van der Waals surface area contributed by atoms with Crippen LogP contribution >= 0.6 is 35.0 Å². The minimum Gasteiger partial charge on any atom is -0.382 e. The number of rotatable bonds is 7. The number of aromatic amines is 1. The zero-order chi connectivity index (χ0) is 22.9. The fourth-order valence-electron chi connectivity index (χ4n) is 3.80. The zero-order valence-electron chi connectivity index (χ0n) is 17.6. The SMILES string of the molecule is COC[C@@H](Nc1ncnc2cc(C(=O)C3NCCS3)c(Cl)cc12)c1nc2ccc(Cl)cc2[nH]1. The Balaban J connectivity index is 1.49. The summed E-state index contributed by atoms with van der Waals surface area (Å²) in [5.74, 6) is 2.10. The van der Waals surface area contributed by atoms with Gasteiger partial charge in [0.25, 0.3) is 0 Å². The topological polar surface area (TPSA) is 105 Å². The lowest BCUT2D eigenvalue weighted by Crippen LogP contribution is -2.29. The van der Waals surface area contributed by atoms with Crippen molar-refractivity contribution < 1.29 is 9.53 Å². The van der Waals surface area contributed by atoms with Crippen LogP contribution in [0.15, 0.2) is 36.7 Å². The number of aromatic nitrogens is 4. The number of carbonyl (C=O) groups excluding carboxylic acids is 1. The van der Waals surface area contributed by atoms with Gasteiger partial charge in [-0.05, 0) is 30.3 Å². The van der Waals surface area contributed by atoms with Crippen molar-refractivity contribution >= 4 is 68.5 Å². The van der Waals surface area contributed by atoms with Crippen LogP contribution in [-0.2, 0) is 4.74 Å². The van der Waals surface area contributed by atoms with Crippen LogP contribution in [0.2, 0.25) is 10.0 Å². The van der Waals surface area contributed by atoms with Gasteiger partial charge in [0.1, 0.15) is 29.4 Å². The minimum atomic E-state index is -0.321. The Morgan fingerprint density at radius 1 is 1.27 bits per heavy atom. The maximum absolute atomic E-state index is 12.9. The smallest absolute Gasteiger partial charge is 0.191 e. The van der Waals surface area contributed by atoms with Crippen molar-refractivity contribution in [3.63, 3.8) is 0 Å². The third-order valence-electron chi connectivity index (χ3n) is 5.38. The van der Waals surface area contributed by atoms with Crippen molar-refractivity contribution in [2.45, 2.75) is 11.4 Å². The standard InChI is InChI=1S/C22H20Cl2N6O2S/c1-32-9-18(21-28-15-3-2-11(23)6-17(15)29-21)30-20-13-7-14(24)12(8-16(13)26-10-27-20)19(31)22-25-4-5-33-22/h2-3,6-8,10,18,22,25H,4-5,9H2,1H3,(H,28,29)(H,26,27,30)/t18-,22?/m1/s1. The molecule has 1 fully saturated rings. The van der Waals surface area contributed by atoms with Crippen molar-refractivity contribution in [3.8, 4) is 0 Å². The molecule has 4 aromatic rings. The van der Waals surface area contributed by atoms with Gasteiger partial charge in [0, 0.05) is 35.4 Å². The Labute approximate surface area is 203 Å². The maximum Gasteiger partial charge on any atom is 0.191 e. The maximum atomic E-state index is 12.9. The normalized spacial score (nSPS) is 17.0. The van der Waals surface area contributed by atoms with E-state index >= 15 is 0 Å². The molecule has 0 radical (unpaired) electrons. The first-order chi connectivity index (χ1) is 16.0. The largest absolute Gasteiger partial charge is 0.382 e. The zero-order valence-corrected chi connectivity index (χ0v) is 19.9. The monoisotopic (exact) mass is 502 g/mol. The van der Waals surface area contributed by atoms with Crippen LogP contribution in [0, 0.1) is 0 Å². The highest BCUT2D eigenvalue weighted by molar-refractivity contribution is 8.00. The average Bonchev–Trinajstić information content (AvgIpc) is 3.48. The van der Waals surface area contributed by atoms with Crippen LogP contribution in [-0.4, -0.2) is 57.1 Å². The number of hydrogen-bond donors (Lipinski definition) is 3. The Bertz CT molecular complexity index is 1340. The van der Waals surface area contributed by atoms with E-state index in [0.29, 0.717) is 44.8 Å². The molecule has 0 spiro atoms. The average molecular weight is 503 g/mol. The van der Waals surface area contributed by atoms with E-state index in [1.54, 1.807) is 37.1 Å². The van der Waals surface area contributed by atoms with Crippen molar-refractivity contribution in [1.29, 1.82) is 0 Å². The number of anilines is 1. The molecule has 0 bridgehead atoms. The van der Waals surface area contributed by atoms with E-state index in [1.807, 2.05) is 12.1 Å². The summed E-state index contributed by atoms with van der Waals surface area (Å²) in [6.45, 7) is 1.14. The number of ether oxygens (including phenoxy) is 1. The first-order valence-corrected chi connectivity index (χ1v) is 12.1. The summed E-state index contributed by atoms with van der Waals surface area (Å²) in [6, 6.07) is 8.62. The van der Waals surface area contributed by atoms with Gasteiger partial charge < -0.3 is 15.0 Å². The van der Waals surface area contributed by atoms with E-state index < -0.39 is 0 Å². The molecular formula is C22H20Cl2N6O2S. The van der Waals surface area contributed by atoms with Crippen molar-refractivity contribution in [3.05, 3.63) is 58.1 Å². The summed E-state index contributed by atoms with van der Waals surface area (Å²) in [5, 5.41) is 7.98. The molecule has 2 atom stereocenters. The van der Waals surface area contributed by atoms with E-state index in [2.05, 4.69) is 30.6 Å². The number of nitrogens with one attached hydrogen (secondary N) is 3. The van der Waals surface area contributed by atoms with Crippen LogP contribution in [0.5, 0.6) is 0 Å². The Morgan fingerprint density at radius 2 is 2.15 bits per heavy atom. The van der Waals surface area contributed by atoms with Gasteiger partial charge >= 0.3 is 0 Å². The minimum absolute atomic E-state index is 0.0456. The summed E-state index contributed by atoms with van der Waals surface area (Å²) in [4.78, 5) is 29.6. The van der Waals surface area contributed by atoms with E-state index in [1.165, 1.54) is 6.33 Å². The Hall–Kier alpha value is -2.43. The molecule has 11 heteroatoms. The van der Waals surface area contributed by atoms with Crippen LogP contribution in [0.4, 0.5) is 5.82 Å². The van der Waals surface area contributed by atoms with Crippen LogP contribution < -0.4 is 10.6 Å². The van der Waals surface area contributed by atoms with Gasteiger partial charge in [0.15, 0.2) is 5.78 Å². The quantitative estimate of drug-likeness (QED) is 0.318. The summed E-state index contributed by atoms with van der Waals surface area (Å²) >= 11 is 14.2. The Morgan fingerprint density at radius 3 is 2.94 bits per heavy atom. The third kappa shape index (κ3) is 4.51. The van der Waals surface area contributed by atoms with E-state index in [9.17, 15) is 4.79 Å². The van der Waals surface area contributed by atoms with Gasteiger partial charge in [-0.1, -0.05) is 23.2 Å². The van der Waals surface area contributed by atoms with Gasteiger partial charge in [0.05, 0.1) is 28.2 Å². The van der Waals surface area contributed by atoms with Gasteiger partial charge in [-0.15, -0.1) is 11.8 Å². The second-order valence-corrected chi connectivity index (χ2v) is 9.63. The van der Waals surface area contributed by atoms with E-state index in [0.717, 1.165) is 23.3 Å². The number of imidazole rings is 1. The summed E-state index contributed by atoms with van der Waals surface area (Å²) in [6.07, 6.45) is 1.46. The second-order valence-electron chi connectivity index (χ2n) is 7.58. The molecule has 2 aromatic heterocycles. The molecule has 0 saturated carbocycles. The number of thioether (sulfide) groups is 1. The molecule has 0 aliphatic carbocycles. The molecule has 0 amide bonds. The number of nitrogens with zero attached hydrogens (tertiary/aromatic N) is 3. The molecule has 1 unspecified atom stereocenters. The predicted octanol–water partition coefficient (Wildman–Crippen LogP) is 4.46. The number of carbonyl (C=O) groups is 1. The predicted molar refractivity (Wildman–Crippen MR) is 132 cm³/mol. The van der Waals surface area contributed by atoms with Crippen molar-refractivity contribution in [1.82, 2.24) is 25.3 Å². The molecular weight excluding hydrogens is 483 g/mol. The number of H-pyrrole nitrogens is 1. The Kier molecular flexibility index (Phi) is 6.40. The molecule has 33 heavy (non-hydrogen) atoms. The van der Waals surface area contributed by atoms with Crippen LogP contribution in [0.25, 0.3) is 21.9 Å². The molecule has 5 rings (SSSR count). The first-order valence-electron chi connectivity index (χ1n) is 10.3. The van der Waals surface area contributed by atoms with Gasteiger partial charge in [-0.3, -0.25) is 10.1 Å². The third-order valence-corrected chi connectivity index (χ3v) is 7.08. The molecule has 170 valence electrons. The van der Waals surface area contributed by atoms with Crippen LogP contribution in [0.3, 0.4) is 0 Å². The number of methoxy groups -OCH3 is 1. The molecule has 8 nitrogen and oxygen atoms in total. The fraction of sp³-hybridized carbons (Fsp3) is 0.273. The van der Waals surface area contributed by atoms with E-state index in [4.69, 9.17) is 27.9 Å². The number of benzene rings is 2. The van der Waals surface area contributed by atoms with Gasteiger partial charge in [0.2, 0.25) is 0 Å². The summed E-state index contributed by atoms with van der Waals surface area (Å²) in [5.41, 5.74) is 2.70.